The van der Waals surface area contributed by atoms with E-state index in [-0.39, 0.29) is 5.78 Å². The van der Waals surface area contributed by atoms with Crippen LogP contribution in [0.4, 0.5) is 11.4 Å². The third-order valence-corrected chi connectivity index (χ3v) is 7.67. The number of para-hydroxylation sites is 2. The molecule has 0 heterocycles. The van der Waals surface area contributed by atoms with Crippen molar-refractivity contribution >= 4 is 23.1 Å². The van der Waals surface area contributed by atoms with Crippen LogP contribution in [0, 0.1) is 0 Å². The summed E-state index contributed by atoms with van der Waals surface area (Å²) in [6, 6.07) is 41.7. The maximum Gasteiger partial charge on any atom is 0.328 e. The van der Waals surface area contributed by atoms with E-state index in [1.54, 1.807) is 31.4 Å². The molecule has 5 aromatic rings. The summed E-state index contributed by atoms with van der Waals surface area (Å²) in [4.78, 5) is 28.3. The molecule has 0 fully saturated rings. The van der Waals surface area contributed by atoms with Gasteiger partial charge in [0.05, 0.1) is 20.8 Å². The van der Waals surface area contributed by atoms with Crippen molar-refractivity contribution in [2.75, 3.05) is 37.6 Å². The lowest BCUT2D eigenvalue weighted by Crippen LogP contribution is -2.33. The lowest BCUT2D eigenvalue weighted by molar-refractivity contribution is -0.141. The second kappa shape index (κ2) is 16.0. The summed E-state index contributed by atoms with van der Waals surface area (Å²) < 4.78 is 16.5. The lowest BCUT2D eigenvalue weighted by atomic mass is 10.00. The van der Waals surface area contributed by atoms with Crippen LogP contribution in [0.1, 0.15) is 27.0 Å². The fourth-order valence-corrected chi connectivity index (χ4v) is 5.20. The third kappa shape index (κ3) is 8.54. The van der Waals surface area contributed by atoms with Crippen LogP contribution < -0.4 is 19.7 Å². The first kappa shape index (κ1) is 31.9. The highest BCUT2D eigenvalue weighted by atomic mass is 16.5. The average molecular weight is 615 g/mol. The zero-order chi connectivity index (χ0) is 32.1. The van der Waals surface area contributed by atoms with Crippen LogP contribution in [0.3, 0.4) is 0 Å². The van der Waals surface area contributed by atoms with Crippen molar-refractivity contribution in [2.45, 2.75) is 19.0 Å². The van der Waals surface area contributed by atoms with Gasteiger partial charge in [-0.2, -0.15) is 0 Å². The fourth-order valence-electron chi connectivity index (χ4n) is 5.20. The SMILES string of the molecule is COC(=O)C(Cc1ccc(OCCN(Cc2ccc(OC)cc2)c2ccccc2)cc1)Nc1ccccc1C(=O)c1ccccc1. The van der Waals surface area contributed by atoms with E-state index >= 15 is 0 Å². The number of hydrogen-bond acceptors (Lipinski definition) is 7. The van der Waals surface area contributed by atoms with Gasteiger partial charge in [0.15, 0.2) is 5.78 Å². The van der Waals surface area contributed by atoms with Crippen molar-refractivity contribution in [1.29, 1.82) is 0 Å². The number of rotatable bonds is 15. The summed E-state index contributed by atoms with van der Waals surface area (Å²) in [6.45, 7) is 1.91. The first-order chi connectivity index (χ1) is 22.5. The molecular weight excluding hydrogens is 576 g/mol. The molecule has 0 aliphatic rings. The van der Waals surface area contributed by atoms with E-state index in [2.05, 4.69) is 34.5 Å². The van der Waals surface area contributed by atoms with Gasteiger partial charge in [-0.25, -0.2) is 4.79 Å². The Bertz CT molecular complexity index is 1690. The number of anilines is 2. The minimum Gasteiger partial charge on any atom is -0.497 e. The Morgan fingerprint density at radius 1 is 0.696 bits per heavy atom. The minimum absolute atomic E-state index is 0.122. The van der Waals surface area contributed by atoms with Gasteiger partial charge in [0.25, 0.3) is 0 Å². The van der Waals surface area contributed by atoms with E-state index in [4.69, 9.17) is 14.2 Å². The Hall–Kier alpha value is -5.56. The average Bonchev–Trinajstić information content (AvgIpc) is 3.12. The fraction of sp³-hybridized carbons (Fsp3) is 0.179. The van der Waals surface area contributed by atoms with Gasteiger partial charge in [0, 0.05) is 35.5 Å². The number of nitrogens with zero attached hydrogens (tertiary/aromatic N) is 1. The van der Waals surface area contributed by atoms with Gasteiger partial charge in [-0.1, -0.05) is 84.9 Å². The molecule has 1 N–H and O–H groups in total. The number of esters is 1. The number of benzene rings is 5. The summed E-state index contributed by atoms with van der Waals surface area (Å²) >= 11 is 0. The van der Waals surface area contributed by atoms with Crippen molar-refractivity contribution in [3.8, 4) is 11.5 Å². The Morgan fingerprint density at radius 2 is 1.30 bits per heavy atom. The van der Waals surface area contributed by atoms with E-state index < -0.39 is 12.0 Å². The number of nitrogens with one attached hydrogen (secondary N) is 1. The molecule has 0 spiro atoms. The summed E-state index contributed by atoms with van der Waals surface area (Å²) in [5.41, 5.74) is 4.86. The normalized spacial score (nSPS) is 11.3. The molecular formula is C39H38N2O5. The molecule has 1 atom stereocenters. The molecule has 0 saturated heterocycles. The van der Waals surface area contributed by atoms with Crippen molar-refractivity contribution in [3.05, 3.63) is 156 Å². The highest BCUT2D eigenvalue weighted by molar-refractivity contribution is 6.12. The van der Waals surface area contributed by atoms with Crippen LogP contribution in [0.25, 0.3) is 0 Å². The number of hydrogen-bond donors (Lipinski definition) is 1. The van der Waals surface area contributed by atoms with E-state index in [0.717, 1.165) is 29.3 Å². The molecule has 5 aromatic carbocycles. The molecule has 46 heavy (non-hydrogen) atoms. The number of ether oxygens (including phenoxy) is 3. The smallest absolute Gasteiger partial charge is 0.328 e. The number of carbonyl (C=O) groups excluding carboxylic acids is 2. The van der Waals surface area contributed by atoms with Crippen molar-refractivity contribution in [1.82, 2.24) is 0 Å². The van der Waals surface area contributed by atoms with E-state index in [1.807, 2.05) is 84.9 Å². The predicted molar refractivity (Wildman–Crippen MR) is 182 cm³/mol. The van der Waals surface area contributed by atoms with Crippen LogP contribution in [-0.2, 0) is 22.5 Å². The first-order valence-corrected chi connectivity index (χ1v) is 15.2. The molecule has 1 unspecified atom stereocenters. The third-order valence-electron chi connectivity index (χ3n) is 7.67. The van der Waals surface area contributed by atoms with Gasteiger partial charge in [-0.05, 0) is 59.7 Å². The number of ketones is 1. The van der Waals surface area contributed by atoms with Gasteiger partial charge < -0.3 is 24.4 Å². The highest BCUT2D eigenvalue weighted by Gasteiger charge is 2.22. The monoisotopic (exact) mass is 614 g/mol. The second-order valence-electron chi connectivity index (χ2n) is 10.8. The van der Waals surface area contributed by atoms with Gasteiger partial charge in [0.1, 0.15) is 24.1 Å². The van der Waals surface area contributed by atoms with E-state index in [9.17, 15) is 9.59 Å². The number of carbonyl (C=O) groups is 2. The molecule has 0 radical (unpaired) electrons. The van der Waals surface area contributed by atoms with E-state index in [0.29, 0.717) is 36.4 Å². The van der Waals surface area contributed by atoms with Gasteiger partial charge >= 0.3 is 5.97 Å². The van der Waals surface area contributed by atoms with Crippen molar-refractivity contribution in [3.63, 3.8) is 0 Å². The zero-order valence-corrected chi connectivity index (χ0v) is 26.1. The Morgan fingerprint density at radius 3 is 1.98 bits per heavy atom. The molecule has 0 aliphatic heterocycles. The molecule has 0 aromatic heterocycles. The van der Waals surface area contributed by atoms with Gasteiger partial charge in [-0.15, -0.1) is 0 Å². The zero-order valence-electron chi connectivity index (χ0n) is 26.1. The lowest BCUT2D eigenvalue weighted by Gasteiger charge is -2.25. The maximum absolute atomic E-state index is 13.2. The summed E-state index contributed by atoms with van der Waals surface area (Å²) in [6.07, 6.45) is 0.366. The topological polar surface area (TPSA) is 77.1 Å². The molecule has 5 rings (SSSR count). The molecule has 7 nitrogen and oxygen atoms in total. The van der Waals surface area contributed by atoms with E-state index in [1.165, 1.54) is 12.7 Å². The van der Waals surface area contributed by atoms with Crippen LogP contribution in [0.15, 0.2) is 133 Å². The van der Waals surface area contributed by atoms with Crippen molar-refractivity contribution in [2.24, 2.45) is 0 Å². The summed E-state index contributed by atoms with van der Waals surface area (Å²) in [7, 11) is 3.03. The maximum atomic E-state index is 13.2. The van der Waals surface area contributed by atoms with Crippen LogP contribution in [0.5, 0.6) is 11.5 Å². The second-order valence-corrected chi connectivity index (χ2v) is 10.8. The summed E-state index contributed by atoms with van der Waals surface area (Å²) in [5.74, 6) is 1.03. The highest BCUT2D eigenvalue weighted by Crippen LogP contribution is 2.23. The Kier molecular flexibility index (Phi) is 11.0. The molecule has 0 saturated carbocycles. The van der Waals surface area contributed by atoms with Crippen LogP contribution in [-0.4, -0.2) is 45.2 Å². The van der Waals surface area contributed by atoms with Gasteiger partial charge in [0.2, 0.25) is 0 Å². The van der Waals surface area contributed by atoms with Gasteiger partial charge in [-0.3, -0.25) is 4.79 Å². The van der Waals surface area contributed by atoms with Crippen LogP contribution in [0.2, 0.25) is 0 Å². The van der Waals surface area contributed by atoms with Crippen LogP contribution >= 0.6 is 0 Å². The standard InChI is InChI=1S/C39H38N2O5/c1-44-33-21-19-30(20-22-33)28-41(32-13-7-4-8-14-32)25-26-46-34-23-17-29(18-24-34)27-37(39(43)45-2)40-36-16-10-9-15-35(36)38(42)31-11-5-3-6-12-31/h3-24,37,40H,25-28H2,1-2H3. The molecule has 0 aliphatic carbocycles. The number of methoxy groups -OCH3 is 2. The molecule has 0 amide bonds. The largest absolute Gasteiger partial charge is 0.497 e. The molecule has 234 valence electrons. The quantitative estimate of drug-likeness (QED) is 0.0987. The Labute approximate surface area is 270 Å². The minimum atomic E-state index is -0.695. The molecule has 7 heteroatoms. The summed E-state index contributed by atoms with van der Waals surface area (Å²) in [5, 5.41) is 3.26. The first-order valence-electron chi connectivity index (χ1n) is 15.2. The van der Waals surface area contributed by atoms with Crippen molar-refractivity contribution < 1.29 is 23.8 Å². The molecule has 0 bridgehead atoms. The predicted octanol–water partition coefficient (Wildman–Crippen LogP) is 7.21. The Balaban J connectivity index is 1.22.